The summed E-state index contributed by atoms with van der Waals surface area (Å²) in [6, 6.07) is 7.45. The van der Waals surface area contributed by atoms with Crippen LogP contribution in [0.1, 0.15) is 34.1 Å². The smallest absolute Gasteiger partial charge is 0.231 e. The normalized spacial score (nSPS) is 13.9. The van der Waals surface area contributed by atoms with Crippen LogP contribution in [0.5, 0.6) is 5.88 Å². The van der Waals surface area contributed by atoms with Crippen molar-refractivity contribution in [1.29, 1.82) is 0 Å². The molecule has 0 amide bonds. The van der Waals surface area contributed by atoms with Crippen molar-refractivity contribution in [1.82, 2.24) is 19.6 Å². The van der Waals surface area contributed by atoms with Crippen molar-refractivity contribution in [3.8, 4) is 17.3 Å². The van der Waals surface area contributed by atoms with Crippen molar-refractivity contribution in [3.05, 3.63) is 36.7 Å². The number of anilines is 1. The molecule has 0 spiro atoms. The Bertz CT molecular complexity index is 1280. The van der Waals surface area contributed by atoms with Gasteiger partial charge in [-0.05, 0) is 43.1 Å². The average molecular weight is 497 g/mol. The van der Waals surface area contributed by atoms with Gasteiger partial charge in [0.25, 0.3) is 0 Å². The summed E-state index contributed by atoms with van der Waals surface area (Å²) in [5, 5.41) is 5.79. The number of imidazole rings is 1. The van der Waals surface area contributed by atoms with E-state index in [0.717, 1.165) is 42.1 Å². The summed E-state index contributed by atoms with van der Waals surface area (Å²) < 4.78 is 19.8. The van der Waals surface area contributed by atoms with Gasteiger partial charge in [-0.2, -0.15) is 0 Å². The second-order valence-electron chi connectivity index (χ2n) is 10.2. The summed E-state index contributed by atoms with van der Waals surface area (Å²) in [5.41, 5.74) is 8.01. The molecule has 35 heavy (non-hydrogen) atoms. The van der Waals surface area contributed by atoms with E-state index in [1.54, 1.807) is 23.0 Å². The van der Waals surface area contributed by atoms with Crippen molar-refractivity contribution in [2.24, 2.45) is 5.73 Å². The summed E-state index contributed by atoms with van der Waals surface area (Å²) in [4.78, 5) is 11.3. The molecule has 0 fully saturated rings. The Morgan fingerprint density at radius 2 is 2.03 bits per heavy atom. The Hall–Kier alpha value is -2.95. The minimum absolute atomic E-state index is 0.0800. The molecule has 0 saturated carbocycles. The first-order chi connectivity index (χ1) is 16.6. The lowest BCUT2D eigenvalue weighted by atomic mass is 10.2. The van der Waals surface area contributed by atoms with Crippen LogP contribution in [-0.2, 0) is 4.43 Å². The molecule has 9 nitrogen and oxygen atoms in total. The molecule has 0 aromatic carbocycles. The van der Waals surface area contributed by atoms with E-state index in [1.807, 2.05) is 25.1 Å². The molecule has 4 heterocycles. The molecule has 2 atom stereocenters. The zero-order chi connectivity index (χ0) is 25.2. The Morgan fingerprint density at radius 3 is 2.77 bits per heavy atom. The number of fused-ring (bicyclic) bond motifs is 2. The molecular formula is C25H36N6O3Si. The third-order valence-electron chi connectivity index (χ3n) is 6.10. The largest absolute Gasteiger partial charge is 0.475 e. The van der Waals surface area contributed by atoms with E-state index in [0.29, 0.717) is 23.9 Å². The van der Waals surface area contributed by atoms with Crippen LogP contribution in [0.15, 0.2) is 41.1 Å². The van der Waals surface area contributed by atoms with Gasteiger partial charge in [-0.25, -0.2) is 14.5 Å². The van der Waals surface area contributed by atoms with E-state index < -0.39 is 9.04 Å². The molecule has 4 aromatic heterocycles. The molecule has 0 aliphatic rings. The van der Waals surface area contributed by atoms with Crippen molar-refractivity contribution in [3.63, 3.8) is 0 Å². The number of furan rings is 1. The van der Waals surface area contributed by atoms with E-state index in [4.69, 9.17) is 19.3 Å². The summed E-state index contributed by atoms with van der Waals surface area (Å²) in [6.07, 6.45) is 4.47. The molecule has 0 bridgehead atoms. The highest BCUT2D eigenvalue weighted by Crippen LogP contribution is 2.33. The summed E-state index contributed by atoms with van der Waals surface area (Å²) in [7, 11) is 0.847. The van der Waals surface area contributed by atoms with E-state index in [-0.39, 0.29) is 11.1 Å². The average Bonchev–Trinajstić information content (AvgIpc) is 3.42. The number of hydrogen-bond acceptors (Lipinski definition) is 8. The second kappa shape index (κ2) is 10.3. The van der Waals surface area contributed by atoms with Crippen LogP contribution in [0.2, 0.25) is 11.6 Å². The van der Waals surface area contributed by atoms with Crippen LogP contribution in [0.4, 0.5) is 5.82 Å². The van der Waals surface area contributed by atoms with Gasteiger partial charge < -0.3 is 24.2 Å². The van der Waals surface area contributed by atoms with E-state index in [9.17, 15) is 0 Å². The third kappa shape index (κ3) is 5.83. The fraction of sp³-hybridized carbons (Fsp3) is 0.480. The molecule has 0 aliphatic carbocycles. The molecule has 0 saturated heterocycles. The predicted octanol–water partition coefficient (Wildman–Crippen LogP) is 4.26. The molecule has 0 radical (unpaired) electrons. The lowest BCUT2D eigenvalue weighted by Gasteiger charge is -2.26. The molecule has 4 aromatic rings. The number of pyridine rings is 1. The second-order valence-corrected chi connectivity index (χ2v) is 13.5. The van der Waals surface area contributed by atoms with Gasteiger partial charge in [-0.3, -0.25) is 0 Å². The van der Waals surface area contributed by atoms with Crippen LogP contribution in [0, 0.1) is 0 Å². The quantitative estimate of drug-likeness (QED) is 0.257. The van der Waals surface area contributed by atoms with Crippen LogP contribution in [0.3, 0.4) is 0 Å². The van der Waals surface area contributed by atoms with Gasteiger partial charge in [-0.15, -0.1) is 5.10 Å². The molecule has 188 valence electrons. The van der Waals surface area contributed by atoms with Gasteiger partial charge >= 0.3 is 0 Å². The summed E-state index contributed by atoms with van der Waals surface area (Å²) >= 11 is 0. The van der Waals surface area contributed by atoms with Gasteiger partial charge in [-0.1, -0.05) is 20.8 Å². The number of nitrogens with two attached hydrogens (primary N) is 1. The number of aromatic nitrogens is 4. The van der Waals surface area contributed by atoms with Crippen molar-refractivity contribution in [2.45, 2.75) is 51.7 Å². The standard InChI is InChI=1S/C25H36N6O3Si/c1-17(26)16-32-23-9-8-22-28-15-19(31(22)29-23)21-14-18-20(34-21)10-11-27-24(18)30(5)12-7-13-33-35(6)25(2,3)4/h8-11,14-15,17,35H,7,12-13,16,26H2,1-6H3. The van der Waals surface area contributed by atoms with E-state index >= 15 is 0 Å². The van der Waals surface area contributed by atoms with Crippen molar-refractivity contribution >= 4 is 31.5 Å². The zero-order valence-electron chi connectivity index (χ0n) is 21.5. The lowest BCUT2D eigenvalue weighted by Crippen LogP contribution is -2.28. The van der Waals surface area contributed by atoms with Crippen LogP contribution >= 0.6 is 0 Å². The fourth-order valence-electron chi connectivity index (χ4n) is 3.62. The minimum atomic E-state index is -1.21. The highest BCUT2D eigenvalue weighted by molar-refractivity contribution is 6.53. The lowest BCUT2D eigenvalue weighted by molar-refractivity contribution is 0.281. The first-order valence-electron chi connectivity index (χ1n) is 12.1. The first-order valence-corrected chi connectivity index (χ1v) is 14.3. The third-order valence-corrected chi connectivity index (χ3v) is 9.27. The summed E-state index contributed by atoms with van der Waals surface area (Å²) in [6.45, 7) is 12.9. The molecular weight excluding hydrogens is 460 g/mol. The maximum Gasteiger partial charge on any atom is 0.231 e. The van der Waals surface area contributed by atoms with E-state index in [2.05, 4.69) is 54.3 Å². The number of ether oxygens (including phenoxy) is 1. The first kappa shape index (κ1) is 25.1. The van der Waals surface area contributed by atoms with E-state index in [1.165, 1.54) is 0 Å². The molecule has 10 heteroatoms. The SMILES string of the molecule is CC(N)COc1ccc2ncc(-c3cc4c(N(C)CCCO[SiH](C)C(C)(C)C)nccc4o3)n2n1. The molecule has 2 N–H and O–H groups in total. The fourth-order valence-corrected chi connectivity index (χ4v) is 4.64. The highest BCUT2D eigenvalue weighted by Gasteiger charge is 2.23. The Labute approximate surface area is 208 Å². The van der Waals surface area contributed by atoms with Crippen LogP contribution in [-0.4, -0.2) is 61.5 Å². The van der Waals surface area contributed by atoms with Crippen molar-refractivity contribution < 1.29 is 13.6 Å². The van der Waals surface area contributed by atoms with Gasteiger partial charge in [0.15, 0.2) is 20.4 Å². The maximum atomic E-state index is 6.20. The zero-order valence-corrected chi connectivity index (χ0v) is 22.6. The van der Waals surface area contributed by atoms with Gasteiger partial charge in [0.2, 0.25) is 5.88 Å². The monoisotopic (exact) mass is 496 g/mol. The topological polar surface area (TPSA) is 104 Å². The highest BCUT2D eigenvalue weighted by atomic mass is 28.3. The Morgan fingerprint density at radius 1 is 1.23 bits per heavy atom. The Balaban J connectivity index is 1.53. The number of hydrogen-bond donors (Lipinski definition) is 1. The number of nitrogens with zero attached hydrogens (tertiary/aromatic N) is 5. The summed E-state index contributed by atoms with van der Waals surface area (Å²) in [5.74, 6) is 2.03. The van der Waals surface area contributed by atoms with Gasteiger partial charge in [0.1, 0.15) is 23.7 Å². The van der Waals surface area contributed by atoms with Gasteiger partial charge in [0, 0.05) is 38.5 Å². The number of rotatable bonds is 10. The minimum Gasteiger partial charge on any atom is -0.475 e. The maximum absolute atomic E-state index is 6.20. The molecule has 0 aliphatic heterocycles. The molecule has 4 rings (SSSR count). The predicted molar refractivity (Wildman–Crippen MR) is 142 cm³/mol. The Kier molecular flexibility index (Phi) is 7.44. The molecule has 2 unspecified atom stereocenters. The van der Waals surface area contributed by atoms with Crippen LogP contribution < -0.4 is 15.4 Å². The van der Waals surface area contributed by atoms with Gasteiger partial charge in [0.05, 0.1) is 11.6 Å². The van der Waals surface area contributed by atoms with Crippen molar-refractivity contribution in [2.75, 3.05) is 31.7 Å². The van der Waals surface area contributed by atoms with Crippen LogP contribution in [0.25, 0.3) is 28.1 Å².